The van der Waals surface area contributed by atoms with E-state index in [1.165, 1.54) is 25.3 Å². The number of Topliss-reactive ketones (excluding diaryl/α,β-unsaturated/α-hetero) is 1. The Kier molecular flexibility index (Phi) is 3.98. The number of carbonyl (C=O) groups excluding carboxylic acids is 2. The van der Waals surface area contributed by atoms with Crippen molar-refractivity contribution in [1.82, 2.24) is 0 Å². The molecule has 0 amide bonds. The molecule has 1 atom stereocenters. The van der Waals surface area contributed by atoms with E-state index < -0.39 is 29.7 Å². The number of benzene rings is 1. The van der Waals surface area contributed by atoms with Crippen LogP contribution in [0.1, 0.15) is 29.8 Å². The number of esters is 1. The van der Waals surface area contributed by atoms with Crippen molar-refractivity contribution in [2.75, 3.05) is 7.11 Å². The molecule has 0 saturated heterocycles. The van der Waals surface area contributed by atoms with Gasteiger partial charge < -0.3 is 9.47 Å². The summed E-state index contributed by atoms with van der Waals surface area (Å²) >= 11 is 0. The molecule has 114 valence electrons. The maximum absolute atomic E-state index is 13.5. The highest BCUT2D eigenvalue weighted by Gasteiger charge is 2.59. The Morgan fingerprint density at radius 1 is 1.33 bits per heavy atom. The largest absolute Gasteiger partial charge is 0.497 e. The molecule has 0 fully saturated rings. The van der Waals surface area contributed by atoms with Crippen molar-refractivity contribution in [3.8, 4) is 5.75 Å². The summed E-state index contributed by atoms with van der Waals surface area (Å²) < 4.78 is 37.0. The molecule has 0 radical (unpaired) electrons. The maximum Gasteiger partial charge on any atom is 0.326 e. The lowest BCUT2D eigenvalue weighted by Gasteiger charge is -2.25. The van der Waals surface area contributed by atoms with Crippen LogP contribution in [0.3, 0.4) is 0 Å². The molecule has 21 heavy (non-hydrogen) atoms. The van der Waals surface area contributed by atoms with Crippen LogP contribution in [-0.4, -0.2) is 31.4 Å². The zero-order chi connectivity index (χ0) is 15.8. The molecule has 0 spiro atoms. The van der Waals surface area contributed by atoms with Gasteiger partial charge in [0.1, 0.15) is 5.75 Å². The summed E-state index contributed by atoms with van der Waals surface area (Å²) in [5.41, 5.74) is -1.95. The summed E-state index contributed by atoms with van der Waals surface area (Å²) in [7, 11) is 1.44. The van der Waals surface area contributed by atoms with Gasteiger partial charge in [0.25, 0.3) is 6.43 Å². The van der Waals surface area contributed by atoms with Crippen LogP contribution in [0.25, 0.3) is 0 Å². The zero-order valence-corrected chi connectivity index (χ0v) is 12.0. The Morgan fingerprint density at radius 3 is 2.52 bits per heavy atom. The Hall–Kier alpha value is -1.98. The van der Waals surface area contributed by atoms with Gasteiger partial charge in [0.05, 0.1) is 13.2 Å². The molecule has 0 saturated carbocycles. The van der Waals surface area contributed by atoms with E-state index in [1.807, 2.05) is 0 Å². The van der Waals surface area contributed by atoms with Gasteiger partial charge in [-0.25, -0.2) is 8.78 Å². The fourth-order valence-corrected chi connectivity index (χ4v) is 2.44. The zero-order valence-electron chi connectivity index (χ0n) is 12.0. The van der Waals surface area contributed by atoms with Crippen LogP contribution in [0.2, 0.25) is 0 Å². The predicted octanol–water partition coefficient (Wildman–Crippen LogP) is 2.64. The topological polar surface area (TPSA) is 52.6 Å². The minimum Gasteiger partial charge on any atom is -0.497 e. The third-order valence-electron chi connectivity index (χ3n) is 3.51. The lowest BCUT2D eigenvalue weighted by Crippen LogP contribution is -2.45. The van der Waals surface area contributed by atoms with Crippen molar-refractivity contribution in [1.29, 1.82) is 0 Å². The van der Waals surface area contributed by atoms with Gasteiger partial charge in [0, 0.05) is 12.0 Å². The number of hydrogen-bond donors (Lipinski definition) is 0. The number of hydrogen-bond acceptors (Lipinski definition) is 4. The van der Waals surface area contributed by atoms with Crippen LogP contribution in [0.4, 0.5) is 8.78 Å². The second-order valence-corrected chi connectivity index (χ2v) is 5.26. The minimum atomic E-state index is -3.13. The number of fused-ring (bicyclic) bond motifs is 1. The predicted molar refractivity (Wildman–Crippen MR) is 70.7 cm³/mol. The van der Waals surface area contributed by atoms with Gasteiger partial charge in [-0.15, -0.1) is 0 Å². The molecule has 2 rings (SSSR count). The van der Waals surface area contributed by atoms with Crippen molar-refractivity contribution in [3.63, 3.8) is 0 Å². The van der Waals surface area contributed by atoms with E-state index in [4.69, 9.17) is 9.47 Å². The molecule has 6 heteroatoms. The van der Waals surface area contributed by atoms with Crippen molar-refractivity contribution < 1.29 is 27.8 Å². The molecule has 4 nitrogen and oxygen atoms in total. The molecule has 0 bridgehead atoms. The fourth-order valence-electron chi connectivity index (χ4n) is 2.44. The molecule has 0 heterocycles. The number of halogens is 2. The molecular weight excluding hydrogens is 282 g/mol. The van der Waals surface area contributed by atoms with Gasteiger partial charge in [-0.3, -0.25) is 9.59 Å². The molecule has 1 aromatic rings. The number of ketones is 1. The summed E-state index contributed by atoms with van der Waals surface area (Å²) in [6.45, 7) is 3.10. The molecule has 1 aromatic carbocycles. The molecule has 0 aliphatic heterocycles. The summed E-state index contributed by atoms with van der Waals surface area (Å²) in [4.78, 5) is 24.5. The Bertz CT molecular complexity index is 583. The molecule has 1 aliphatic rings. The van der Waals surface area contributed by atoms with Crippen LogP contribution in [0.15, 0.2) is 18.2 Å². The minimum absolute atomic E-state index is 0.122. The fraction of sp³-hybridized carbons (Fsp3) is 0.467. The van der Waals surface area contributed by atoms with Crippen LogP contribution >= 0.6 is 0 Å². The molecule has 0 N–H and O–H groups in total. The highest BCUT2D eigenvalue weighted by molar-refractivity contribution is 6.16. The Labute approximate surface area is 121 Å². The Morgan fingerprint density at radius 2 is 2.00 bits per heavy atom. The van der Waals surface area contributed by atoms with Crippen molar-refractivity contribution in [3.05, 3.63) is 29.3 Å². The number of ether oxygens (including phenoxy) is 2. The average Bonchev–Trinajstić information content (AvgIpc) is 2.71. The van der Waals surface area contributed by atoms with Crippen LogP contribution in [0, 0.1) is 5.41 Å². The van der Waals surface area contributed by atoms with Crippen molar-refractivity contribution in [2.24, 2.45) is 5.41 Å². The van der Waals surface area contributed by atoms with E-state index in [0.717, 1.165) is 0 Å². The SMILES string of the molecule is COc1ccc2c(c1)CC(C(=O)OC(C)C)(C(F)F)C2=O. The molecule has 0 aromatic heterocycles. The molecule has 1 aliphatic carbocycles. The third kappa shape index (κ3) is 2.39. The lowest BCUT2D eigenvalue weighted by molar-refractivity contribution is -0.164. The average molecular weight is 298 g/mol. The van der Waals surface area contributed by atoms with E-state index in [-0.39, 0.29) is 12.0 Å². The van der Waals surface area contributed by atoms with Gasteiger partial charge in [-0.1, -0.05) is 0 Å². The Balaban J connectivity index is 2.46. The van der Waals surface area contributed by atoms with E-state index in [9.17, 15) is 18.4 Å². The lowest BCUT2D eigenvalue weighted by atomic mass is 9.84. The first-order valence-electron chi connectivity index (χ1n) is 6.54. The van der Waals surface area contributed by atoms with Crippen molar-refractivity contribution >= 4 is 11.8 Å². The highest BCUT2D eigenvalue weighted by atomic mass is 19.3. The van der Waals surface area contributed by atoms with E-state index >= 15 is 0 Å². The van der Waals surface area contributed by atoms with E-state index in [1.54, 1.807) is 13.8 Å². The second kappa shape index (κ2) is 5.42. The number of methoxy groups -OCH3 is 1. The van der Waals surface area contributed by atoms with Crippen LogP contribution in [-0.2, 0) is 16.0 Å². The van der Waals surface area contributed by atoms with E-state index in [0.29, 0.717) is 11.3 Å². The van der Waals surface area contributed by atoms with Crippen LogP contribution < -0.4 is 4.74 Å². The first kappa shape index (κ1) is 15.4. The molecule has 1 unspecified atom stereocenters. The number of rotatable bonds is 4. The van der Waals surface area contributed by atoms with Gasteiger partial charge in [-0.2, -0.15) is 0 Å². The first-order valence-corrected chi connectivity index (χ1v) is 6.54. The first-order chi connectivity index (χ1) is 9.82. The van der Waals surface area contributed by atoms with Gasteiger partial charge >= 0.3 is 5.97 Å². The van der Waals surface area contributed by atoms with Gasteiger partial charge in [0.2, 0.25) is 0 Å². The summed E-state index contributed by atoms with van der Waals surface area (Å²) in [6.07, 6.45) is -4.07. The monoisotopic (exact) mass is 298 g/mol. The number of carbonyl (C=O) groups is 2. The molecular formula is C15H16F2O4. The van der Waals surface area contributed by atoms with Crippen molar-refractivity contribution in [2.45, 2.75) is 32.8 Å². The quantitative estimate of drug-likeness (QED) is 0.633. The summed E-state index contributed by atoms with van der Waals surface area (Å²) in [5.74, 6) is -1.61. The van der Waals surface area contributed by atoms with Gasteiger partial charge in [0.15, 0.2) is 11.2 Å². The highest BCUT2D eigenvalue weighted by Crippen LogP contribution is 2.43. The number of alkyl halides is 2. The smallest absolute Gasteiger partial charge is 0.326 e. The normalized spacial score (nSPS) is 20.8. The third-order valence-corrected chi connectivity index (χ3v) is 3.51. The van der Waals surface area contributed by atoms with E-state index in [2.05, 4.69) is 0 Å². The van der Waals surface area contributed by atoms with Gasteiger partial charge in [-0.05, 0) is 37.6 Å². The summed E-state index contributed by atoms with van der Waals surface area (Å²) in [5, 5.41) is 0. The van der Waals surface area contributed by atoms with Crippen LogP contribution in [0.5, 0.6) is 5.75 Å². The maximum atomic E-state index is 13.5. The second-order valence-electron chi connectivity index (χ2n) is 5.26. The summed E-state index contributed by atoms with van der Waals surface area (Å²) in [6, 6.07) is 4.41. The standard InChI is InChI=1S/C15H16F2O4/c1-8(2)21-14(19)15(13(16)17)7-9-6-10(20-3)4-5-11(9)12(15)18/h4-6,8,13H,7H2,1-3H3.